The van der Waals surface area contributed by atoms with Gasteiger partial charge >= 0.3 is 12.4 Å². The van der Waals surface area contributed by atoms with Crippen molar-refractivity contribution in [1.82, 2.24) is 14.3 Å². The molecule has 164 valence electrons. The number of rotatable bonds is 2. The number of hydrogen-bond acceptors (Lipinski definition) is 4. The monoisotopic (exact) mass is 456 g/mol. The Morgan fingerprint density at radius 2 is 1.93 bits per heavy atom. The van der Waals surface area contributed by atoms with E-state index in [2.05, 4.69) is 10.3 Å². The van der Waals surface area contributed by atoms with Gasteiger partial charge in [-0.2, -0.15) is 31.1 Å². The minimum atomic E-state index is -4.83. The van der Waals surface area contributed by atoms with Crippen LogP contribution in [0.1, 0.15) is 28.2 Å². The Kier molecular flexibility index (Phi) is 5.35. The summed E-state index contributed by atoms with van der Waals surface area (Å²) < 4.78 is 105. The molecule has 1 atom stereocenters. The van der Waals surface area contributed by atoms with Crippen molar-refractivity contribution in [1.29, 1.82) is 0 Å². The van der Waals surface area contributed by atoms with Crippen LogP contribution in [-0.4, -0.2) is 36.1 Å². The number of pyridine rings is 1. The summed E-state index contributed by atoms with van der Waals surface area (Å²) in [5.74, 6) is -0.973. The van der Waals surface area contributed by atoms with Gasteiger partial charge in [0.05, 0.1) is 0 Å². The summed E-state index contributed by atoms with van der Waals surface area (Å²) in [5.41, 5.74) is -1.95. The Bertz CT molecular complexity index is 1090. The number of nitrogens with one attached hydrogen (secondary N) is 2. The molecule has 0 bridgehead atoms. The van der Waals surface area contributed by atoms with E-state index in [1.807, 2.05) is 0 Å². The molecule has 0 radical (unpaired) electrons. The quantitative estimate of drug-likeness (QED) is 0.680. The molecule has 0 saturated carbocycles. The molecule has 3 rings (SSSR count). The van der Waals surface area contributed by atoms with E-state index in [9.17, 15) is 39.6 Å². The first-order valence-electron chi connectivity index (χ1n) is 8.32. The lowest BCUT2D eigenvalue weighted by Gasteiger charge is -2.18. The molecule has 2 aromatic heterocycles. The molecule has 1 amide bonds. The molecule has 0 aromatic carbocycles. The van der Waals surface area contributed by atoms with Gasteiger partial charge in [0.1, 0.15) is 22.3 Å². The summed E-state index contributed by atoms with van der Waals surface area (Å²) >= 11 is 0. The number of fused-ring (bicyclic) bond motifs is 1. The SMILES string of the molecule is Cn1cc2c(c1C(=O)Nc1ccnc(C(F)(F)F)c1)CCC(C(F)(F)F)NS2(=O)=O. The fourth-order valence-corrected chi connectivity index (χ4v) is 4.67. The third-order valence-electron chi connectivity index (χ3n) is 4.44. The minimum absolute atomic E-state index is 0.153. The van der Waals surface area contributed by atoms with Gasteiger partial charge in [-0.25, -0.2) is 8.42 Å². The van der Waals surface area contributed by atoms with Gasteiger partial charge < -0.3 is 9.88 Å². The van der Waals surface area contributed by atoms with E-state index in [0.717, 1.165) is 23.0 Å². The van der Waals surface area contributed by atoms with Crippen molar-refractivity contribution in [2.75, 3.05) is 5.32 Å². The van der Waals surface area contributed by atoms with Crippen LogP contribution in [0.15, 0.2) is 29.4 Å². The number of alkyl halides is 6. The van der Waals surface area contributed by atoms with Gasteiger partial charge in [-0.1, -0.05) is 0 Å². The van der Waals surface area contributed by atoms with E-state index < -0.39 is 51.3 Å². The predicted octanol–water partition coefficient (Wildman–Crippen LogP) is 2.85. The molecule has 0 saturated heterocycles. The summed E-state index contributed by atoms with van der Waals surface area (Å²) in [4.78, 5) is 15.3. The highest BCUT2D eigenvalue weighted by Crippen LogP contribution is 2.33. The van der Waals surface area contributed by atoms with E-state index >= 15 is 0 Å². The maximum absolute atomic E-state index is 13.0. The number of carbonyl (C=O) groups is 1. The highest BCUT2D eigenvalue weighted by molar-refractivity contribution is 7.89. The van der Waals surface area contributed by atoms with Gasteiger partial charge in [-0.3, -0.25) is 9.78 Å². The molecule has 0 fully saturated rings. The molecule has 0 spiro atoms. The normalized spacial score (nSPS) is 19.1. The number of aryl methyl sites for hydroxylation is 1. The van der Waals surface area contributed by atoms with Crippen LogP contribution in [0, 0.1) is 0 Å². The van der Waals surface area contributed by atoms with E-state index in [1.54, 1.807) is 4.72 Å². The molecule has 1 unspecified atom stereocenters. The van der Waals surface area contributed by atoms with Crippen LogP contribution in [0.3, 0.4) is 0 Å². The standard InChI is InChI=1S/C16H14F6N4O3S/c1-26-7-10-9(2-3-11(15(17,18)19)25-30(10,28)29)13(26)14(27)24-8-4-5-23-12(6-8)16(20,21)22/h4-7,11,25H,2-3H2,1H3,(H,23,24,27). The molecule has 30 heavy (non-hydrogen) atoms. The number of aromatic nitrogens is 2. The Morgan fingerprint density at radius 3 is 2.53 bits per heavy atom. The molecule has 7 nitrogen and oxygen atoms in total. The zero-order valence-corrected chi connectivity index (χ0v) is 15.9. The van der Waals surface area contributed by atoms with Gasteiger partial charge in [-0.05, 0) is 25.0 Å². The van der Waals surface area contributed by atoms with Gasteiger partial charge in [0.15, 0.2) is 0 Å². The summed E-state index contributed by atoms with van der Waals surface area (Å²) in [6.07, 6.45) is -8.81. The Balaban J connectivity index is 1.96. The zero-order chi connectivity index (χ0) is 22.5. The van der Waals surface area contributed by atoms with Crippen LogP contribution in [-0.2, 0) is 29.7 Å². The van der Waals surface area contributed by atoms with Crippen LogP contribution in [0.4, 0.5) is 32.0 Å². The molecular weight excluding hydrogens is 442 g/mol. The number of amides is 1. The maximum atomic E-state index is 13.0. The summed E-state index contributed by atoms with van der Waals surface area (Å²) in [7, 11) is -3.27. The largest absolute Gasteiger partial charge is 0.433 e. The fourth-order valence-electron chi connectivity index (χ4n) is 3.10. The second-order valence-corrected chi connectivity index (χ2v) is 8.25. The van der Waals surface area contributed by atoms with E-state index in [0.29, 0.717) is 6.07 Å². The van der Waals surface area contributed by atoms with Crippen molar-refractivity contribution < 1.29 is 39.6 Å². The van der Waals surface area contributed by atoms with Crippen molar-refractivity contribution in [3.05, 3.63) is 41.5 Å². The first-order chi connectivity index (χ1) is 13.7. The fraction of sp³-hybridized carbons (Fsp3) is 0.375. The van der Waals surface area contributed by atoms with E-state index in [-0.39, 0.29) is 23.4 Å². The second-order valence-electron chi connectivity index (χ2n) is 6.57. The number of halogens is 6. The van der Waals surface area contributed by atoms with Gasteiger partial charge in [0.25, 0.3) is 5.91 Å². The van der Waals surface area contributed by atoms with E-state index in [4.69, 9.17) is 0 Å². The number of carbonyl (C=O) groups excluding carboxylic acids is 1. The molecule has 3 heterocycles. The highest BCUT2D eigenvalue weighted by atomic mass is 32.2. The summed E-state index contributed by atoms with van der Waals surface area (Å²) in [6.45, 7) is 0. The molecule has 14 heteroatoms. The number of nitrogens with zero attached hydrogens (tertiary/aromatic N) is 2. The first-order valence-corrected chi connectivity index (χ1v) is 9.80. The number of hydrogen-bond donors (Lipinski definition) is 2. The summed E-state index contributed by atoms with van der Waals surface area (Å²) in [6, 6.07) is -0.657. The van der Waals surface area contributed by atoms with Crippen molar-refractivity contribution in [2.24, 2.45) is 7.05 Å². The lowest BCUT2D eigenvalue weighted by molar-refractivity contribution is -0.152. The van der Waals surface area contributed by atoms with Gasteiger partial charge in [0, 0.05) is 30.7 Å². The average Bonchev–Trinajstić information content (AvgIpc) is 2.87. The molecule has 2 aromatic rings. The van der Waals surface area contributed by atoms with Crippen LogP contribution < -0.4 is 10.0 Å². The Labute approximate surface area is 166 Å². The third kappa shape index (κ3) is 4.28. The van der Waals surface area contributed by atoms with Crippen molar-refractivity contribution in [3.63, 3.8) is 0 Å². The van der Waals surface area contributed by atoms with Crippen LogP contribution in [0.2, 0.25) is 0 Å². The summed E-state index contributed by atoms with van der Waals surface area (Å²) in [5, 5.41) is 2.20. The molecular formula is C16H14F6N4O3S. The second kappa shape index (κ2) is 7.27. The van der Waals surface area contributed by atoms with Gasteiger partial charge in [-0.15, -0.1) is 0 Å². The Hall–Kier alpha value is -2.61. The van der Waals surface area contributed by atoms with E-state index in [1.165, 1.54) is 7.05 Å². The predicted molar refractivity (Wildman–Crippen MR) is 91.1 cm³/mol. The van der Waals surface area contributed by atoms with Crippen LogP contribution >= 0.6 is 0 Å². The lowest BCUT2D eigenvalue weighted by atomic mass is 10.1. The third-order valence-corrected chi connectivity index (χ3v) is 5.96. The smallest absolute Gasteiger partial charge is 0.345 e. The van der Waals surface area contributed by atoms with Crippen molar-refractivity contribution >= 4 is 21.6 Å². The van der Waals surface area contributed by atoms with Crippen molar-refractivity contribution in [2.45, 2.75) is 36.1 Å². The average molecular weight is 456 g/mol. The molecule has 1 aliphatic rings. The lowest BCUT2D eigenvalue weighted by Crippen LogP contribution is -2.44. The zero-order valence-electron chi connectivity index (χ0n) is 15.1. The number of anilines is 1. The number of sulfonamides is 1. The van der Waals surface area contributed by atoms with Crippen LogP contribution in [0.25, 0.3) is 0 Å². The minimum Gasteiger partial charge on any atom is -0.345 e. The van der Waals surface area contributed by atoms with Gasteiger partial charge in [0.2, 0.25) is 10.0 Å². The van der Waals surface area contributed by atoms with Crippen molar-refractivity contribution in [3.8, 4) is 0 Å². The van der Waals surface area contributed by atoms with Crippen LogP contribution in [0.5, 0.6) is 0 Å². The topological polar surface area (TPSA) is 93.1 Å². The molecule has 1 aliphatic heterocycles. The highest BCUT2D eigenvalue weighted by Gasteiger charge is 2.45. The maximum Gasteiger partial charge on any atom is 0.433 e. The molecule has 2 N–H and O–H groups in total. The Morgan fingerprint density at radius 1 is 1.27 bits per heavy atom. The first kappa shape index (κ1) is 22.1. The molecule has 0 aliphatic carbocycles.